The quantitative estimate of drug-likeness (QED) is 0.866. The van der Waals surface area contributed by atoms with Crippen molar-refractivity contribution >= 4 is 5.69 Å². The van der Waals surface area contributed by atoms with E-state index in [-0.39, 0.29) is 0 Å². The molecule has 2 heterocycles. The molecule has 22 heavy (non-hydrogen) atoms. The summed E-state index contributed by atoms with van der Waals surface area (Å²) in [6, 6.07) is 9.42. The van der Waals surface area contributed by atoms with Gasteiger partial charge in [-0.25, -0.2) is 0 Å². The van der Waals surface area contributed by atoms with Crippen LogP contribution >= 0.6 is 0 Å². The largest absolute Gasteiger partial charge is 0.369 e. The third-order valence-corrected chi connectivity index (χ3v) is 4.60. The van der Waals surface area contributed by atoms with Crippen molar-refractivity contribution in [2.75, 3.05) is 31.1 Å². The number of piperazine rings is 1. The van der Waals surface area contributed by atoms with Crippen LogP contribution in [0.5, 0.6) is 0 Å². The number of hydrogen-bond acceptors (Lipinski definition) is 4. The number of aryl methyl sites for hydroxylation is 2. The predicted molar refractivity (Wildman–Crippen MR) is 89.2 cm³/mol. The first-order chi connectivity index (χ1) is 10.6. The molecule has 2 aromatic rings. The van der Waals surface area contributed by atoms with Gasteiger partial charge >= 0.3 is 0 Å². The zero-order valence-electron chi connectivity index (χ0n) is 13.7. The summed E-state index contributed by atoms with van der Waals surface area (Å²) in [5.41, 5.74) is 2.66. The maximum absolute atomic E-state index is 4.04. The van der Waals surface area contributed by atoms with Crippen molar-refractivity contribution < 1.29 is 0 Å². The summed E-state index contributed by atoms with van der Waals surface area (Å²) in [5, 5.41) is 7.99. The molecule has 1 aromatic heterocycles. The fraction of sp³-hybridized carbons (Fsp3) is 0.529. The van der Waals surface area contributed by atoms with Gasteiger partial charge in [0.05, 0.1) is 0 Å². The molecule has 0 unspecified atom stereocenters. The molecule has 0 radical (unpaired) electrons. The first kappa shape index (κ1) is 15.0. The maximum Gasteiger partial charge on any atom is 0.129 e. The topological polar surface area (TPSA) is 37.2 Å². The van der Waals surface area contributed by atoms with E-state index in [0.717, 1.165) is 38.5 Å². The number of rotatable bonds is 4. The Morgan fingerprint density at radius 3 is 2.50 bits per heavy atom. The third-order valence-electron chi connectivity index (χ3n) is 4.60. The van der Waals surface area contributed by atoms with Crippen LogP contribution in [0.15, 0.2) is 30.6 Å². The molecule has 5 heteroatoms. The molecule has 1 fully saturated rings. The monoisotopic (exact) mass is 299 g/mol. The zero-order valence-corrected chi connectivity index (χ0v) is 13.7. The summed E-state index contributed by atoms with van der Waals surface area (Å²) in [7, 11) is 0. The highest BCUT2D eigenvalue weighted by molar-refractivity contribution is 5.48. The highest BCUT2D eigenvalue weighted by atomic mass is 15.3. The van der Waals surface area contributed by atoms with Gasteiger partial charge in [-0.2, -0.15) is 0 Å². The molecule has 0 amide bonds. The van der Waals surface area contributed by atoms with Crippen molar-refractivity contribution in [3.05, 3.63) is 42.0 Å². The van der Waals surface area contributed by atoms with Crippen LogP contribution in [-0.4, -0.2) is 51.9 Å². The first-order valence-electron chi connectivity index (χ1n) is 8.03. The van der Waals surface area contributed by atoms with Crippen molar-refractivity contribution in [2.45, 2.75) is 33.4 Å². The fourth-order valence-electron chi connectivity index (χ4n) is 3.09. The lowest BCUT2D eigenvalue weighted by atomic mass is 10.1. The summed E-state index contributed by atoms with van der Waals surface area (Å²) in [6.07, 6.45) is 1.82. The number of hydrogen-bond donors (Lipinski definition) is 0. The van der Waals surface area contributed by atoms with Gasteiger partial charge in [0.2, 0.25) is 0 Å². The second-order valence-corrected chi connectivity index (χ2v) is 6.24. The van der Waals surface area contributed by atoms with E-state index >= 15 is 0 Å². The lowest BCUT2D eigenvalue weighted by Crippen LogP contribution is -2.52. The molecule has 1 saturated heterocycles. The van der Waals surface area contributed by atoms with E-state index in [1.165, 1.54) is 11.3 Å². The minimum atomic E-state index is 0.562. The molecule has 0 N–H and O–H groups in total. The average molecular weight is 299 g/mol. The Balaban J connectivity index is 1.56. The maximum atomic E-state index is 4.04. The summed E-state index contributed by atoms with van der Waals surface area (Å²) in [5.74, 6) is 0.992. The SMILES string of the molecule is Cc1ccc(N2CCN(CCn3cnnc3C)[C@@H](C)C2)cc1. The van der Waals surface area contributed by atoms with Gasteiger partial charge in [0, 0.05) is 44.5 Å². The van der Waals surface area contributed by atoms with Gasteiger partial charge < -0.3 is 9.47 Å². The van der Waals surface area contributed by atoms with Crippen molar-refractivity contribution in [1.82, 2.24) is 19.7 Å². The standard InChI is InChI=1S/C17H25N5/c1-14-4-6-17(7-5-14)21-10-8-20(15(2)12-21)9-11-22-13-18-19-16(22)3/h4-7,13,15H,8-12H2,1-3H3/t15-/m0/s1. The van der Waals surface area contributed by atoms with Crippen LogP contribution in [0, 0.1) is 13.8 Å². The van der Waals surface area contributed by atoms with Crippen LogP contribution in [0.3, 0.4) is 0 Å². The van der Waals surface area contributed by atoms with Gasteiger partial charge in [0.1, 0.15) is 12.2 Å². The summed E-state index contributed by atoms with van der Waals surface area (Å²) in [6.45, 7) is 11.8. The Morgan fingerprint density at radius 1 is 1.09 bits per heavy atom. The van der Waals surface area contributed by atoms with Gasteiger partial charge in [0.25, 0.3) is 0 Å². The van der Waals surface area contributed by atoms with Crippen LogP contribution in [0.25, 0.3) is 0 Å². The van der Waals surface area contributed by atoms with Crippen molar-refractivity contribution in [3.63, 3.8) is 0 Å². The molecule has 3 rings (SSSR count). The Kier molecular flexibility index (Phi) is 4.43. The highest BCUT2D eigenvalue weighted by Crippen LogP contribution is 2.19. The van der Waals surface area contributed by atoms with Gasteiger partial charge in [-0.05, 0) is 32.9 Å². The first-order valence-corrected chi connectivity index (χ1v) is 8.03. The molecule has 0 spiro atoms. The van der Waals surface area contributed by atoms with Gasteiger partial charge in [-0.15, -0.1) is 10.2 Å². The zero-order chi connectivity index (χ0) is 15.5. The van der Waals surface area contributed by atoms with E-state index in [4.69, 9.17) is 0 Å². The number of nitrogens with zero attached hydrogens (tertiary/aromatic N) is 5. The molecule has 1 atom stereocenters. The summed E-state index contributed by atoms with van der Waals surface area (Å²) in [4.78, 5) is 5.05. The van der Waals surface area contributed by atoms with Crippen LogP contribution in [-0.2, 0) is 6.54 Å². The fourth-order valence-corrected chi connectivity index (χ4v) is 3.09. The van der Waals surface area contributed by atoms with Gasteiger partial charge in [-0.1, -0.05) is 17.7 Å². The second-order valence-electron chi connectivity index (χ2n) is 6.24. The van der Waals surface area contributed by atoms with Crippen LogP contribution in [0.4, 0.5) is 5.69 Å². The van der Waals surface area contributed by atoms with E-state index in [1.807, 2.05) is 13.3 Å². The van der Waals surface area contributed by atoms with Crippen molar-refractivity contribution in [1.29, 1.82) is 0 Å². The Morgan fingerprint density at radius 2 is 1.86 bits per heavy atom. The Labute approximate surface area is 132 Å². The number of anilines is 1. The average Bonchev–Trinajstić information content (AvgIpc) is 2.92. The Hall–Kier alpha value is -1.88. The molecular weight excluding hydrogens is 274 g/mol. The molecule has 1 aliphatic rings. The van der Waals surface area contributed by atoms with Gasteiger partial charge in [-0.3, -0.25) is 4.90 Å². The second kappa shape index (κ2) is 6.48. The smallest absolute Gasteiger partial charge is 0.129 e. The molecule has 0 aliphatic carbocycles. The van der Waals surface area contributed by atoms with Crippen LogP contribution < -0.4 is 4.90 Å². The van der Waals surface area contributed by atoms with Crippen LogP contribution in [0.1, 0.15) is 18.3 Å². The van der Waals surface area contributed by atoms with E-state index in [0.29, 0.717) is 6.04 Å². The van der Waals surface area contributed by atoms with E-state index in [2.05, 4.69) is 62.7 Å². The molecule has 1 aliphatic heterocycles. The third kappa shape index (κ3) is 3.30. The minimum Gasteiger partial charge on any atom is -0.369 e. The van der Waals surface area contributed by atoms with E-state index < -0.39 is 0 Å². The number of benzene rings is 1. The molecule has 118 valence electrons. The lowest BCUT2D eigenvalue weighted by molar-refractivity contribution is 0.182. The Bertz CT molecular complexity index is 604. The summed E-state index contributed by atoms with van der Waals surface area (Å²) >= 11 is 0. The normalized spacial score (nSPS) is 19.6. The van der Waals surface area contributed by atoms with E-state index in [9.17, 15) is 0 Å². The van der Waals surface area contributed by atoms with Crippen LogP contribution in [0.2, 0.25) is 0 Å². The molecule has 0 bridgehead atoms. The summed E-state index contributed by atoms with van der Waals surface area (Å²) < 4.78 is 2.12. The predicted octanol–water partition coefficient (Wildman–Crippen LogP) is 2.11. The molecular formula is C17H25N5. The highest BCUT2D eigenvalue weighted by Gasteiger charge is 2.23. The number of aromatic nitrogens is 3. The van der Waals surface area contributed by atoms with Gasteiger partial charge in [0.15, 0.2) is 0 Å². The lowest BCUT2D eigenvalue weighted by Gasteiger charge is -2.41. The molecule has 1 aromatic carbocycles. The van der Waals surface area contributed by atoms with Crippen molar-refractivity contribution in [2.24, 2.45) is 0 Å². The minimum absolute atomic E-state index is 0.562. The van der Waals surface area contributed by atoms with Crippen molar-refractivity contribution in [3.8, 4) is 0 Å². The van der Waals surface area contributed by atoms with E-state index in [1.54, 1.807) is 0 Å². The molecule has 0 saturated carbocycles. The molecule has 5 nitrogen and oxygen atoms in total.